The van der Waals surface area contributed by atoms with Crippen LogP contribution in [0.1, 0.15) is 31.0 Å². The topological polar surface area (TPSA) is 77.0 Å². The van der Waals surface area contributed by atoms with Crippen molar-refractivity contribution in [2.45, 2.75) is 31.2 Å². The molecule has 1 aliphatic heterocycles. The summed E-state index contributed by atoms with van der Waals surface area (Å²) < 4.78 is 1.90. The monoisotopic (exact) mass is 261 g/mol. The van der Waals surface area contributed by atoms with E-state index < -0.39 is 6.04 Å². The van der Waals surface area contributed by atoms with Gasteiger partial charge in [-0.1, -0.05) is 0 Å². The normalized spacial score (nSPS) is 20.9. The Kier molecular flexibility index (Phi) is 4.17. The van der Waals surface area contributed by atoms with Crippen LogP contribution in [-0.4, -0.2) is 44.7 Å². The number of nitrogens with two attached hydrogens (primary N) is 1. The molecule has 1 saturated heterocycles. The lowest BCUT2D eigenvalue weighted by Crippen LogP contribution is -2.47. The van der Waals surface area contributed by atoms with Gasteiger partial charge in [-0.15, -0.1) is 22.5 Å². The van der Waals surface area contributed by atoms with Gasteiger partial charge in [-0.3, -0.25) is 4.79 Å². The van der Waals surface area contributed by atoms with Gasteiger partial charge in [0.2, 0.25) is 5.91 Å². The van der Waals surface area contributed by atoms with Crippen LogP contribution >= 0.6 is 0 Å². The minimum absolute atomic E-state index is 0.0650. The fraction of sp³-hybridized carbons (Fsp3) is 0.615. The molecule has 1 amide bonds. The highest BCUT2D eigenvalue weighted by Crippen LogP contribution is 2.25. The molecule has 1 aromatic heterocycles. The van der Waals surface area contributed by atoms with Crippen LogP contribution in [0.4, 0.5) is 0 Å². The minimum atomic E-state index is -0.594. The molecule has 2 unspecified atom stereocenters. The van der Waals surface area contributed by atoms with Crippen molar-refractivity contribution in [1.29, 1.82) is 0 Å². The Morgan fingerprint density at radius 1 is 1.74 bits per heavy atom. The molecular weight excluding hydrogens is 242 g/mol. The highest BCUT2D eigenvalue weighted by Gasteiger charge is 2.29. The molecule has 2 atom stereocenters. The lowest BCUT2D eigenvalue weighted by atomic mass is 9.96. The number of carbonyl (C=O) groups is 1. The van der Waals surface area contributed by atoms with Crippen molar-refractivity contribution in [3.63, 3.8) is 0 Å². The standard InChI is InChI=1S/C13H19N5O/c1-3-5-11(14)13(19)18-7-4-6-10(8-18)12-16-15-9-17(12)2/h1,9-11H,4-8,14H2,2H3. The van der Waals surface area contributed by atoms with Gasteiger partial charge in [0.05, 0.1) is 6.04 Å². The van der Waals surface area contributed by atoms with E-state index in [2.05, 4.69) is 16.1 Å². The van der Waals surface area contributed by atoms with Gasteiger partial charge in [0.1, 0.15) is 12.2 Å². The van der Waals surface area contributed by atoms with Crippen molar-refractivity contribution in [1.82, 2.24) is 19.7 Å². The lowest BCUT2D eigenvalue weighted by Gasteiger charge is -2.33. The molecule has 0 spiro atoms. The zero-order valence-corrected chi connectivity index (χ0v) is 11.1. The number of carbonyl (C=O) groups excluding carboxylic acids is 1. The van der Waals surface area contributed by atoms with Gasteiger partial charge < -0.3 is 15.2 Å². The molecule has 0 saturated carbocycles. The molecular formula is C13H19N5O. The summed E-state index contributed by atoms with van der Waals surface area (Å²) in [6, 6.07) is -0.594. The van der Waals surface area contributed by atoms with E-state index in [4.69, 9.17) is 12.2 Å². The van der Waals surface area contributed by atoms with E-state index in [9.17, 15) is 4.79 Å². The van der Waals surface area contributed by atoms with Gasteiger partial charge in [0.25, 0.3) is 0 Å². The van der Waals surface area contributed by atoms with E-state index in [1.54, 1.807) is 11.2 Å². The molecule has 0 aliphatic carbocycles. The van der Waals surface area contributed by atoms with Gasteiger partial charge in [-0.25, -0.2) is 0 Å². The number of rotatable bonds is 3. The fourth-order valence-electron chi connectivity index (χ4n) is 2.50. The molecule has 102 valence electrons. The first-order chi connectivity index (χ1) is 9.13. The number of terminal acetylenes is 1. The van der Waals surface area contributed by atoms with Crippen molar-refractivity contribution in [2.24, 2.45) is 12.8 Å². The number of piperidine rings is 1. The number of hydrogen-bond donors (Lipinski definition) is 1. The summed E-state index contributed by atoms with van der Waals surface area (Å²) >= 11 is 0. The van der Waals surface area contributed by atoms with Gasteiger partial charge in [-0.2, -0.15) is 0 Å². The first-order valence-corrected chi connectivity index (χ1v) is 6.45. The number of likely N-dealkylation sites (tertiary alicyclic amines) is 1. The Balaban J connectivity index is 2.04. The zero-order valence-electron chi connectivity index (χ0n) is 11.1. The minimum Gasteiger partial charge on any atom is -0.341 e. The molecule has 2 N–H and O–H groups in total. The predicted octanol–water partition coefficient (Wildman–Crippen LogP) is -0.128. The summed E-state index contributed by atoms with van der Waals surface area (Å²) in [5, 5.41) is 8.02. The molecule has 19 heavy (non-hydrogen) atoms. The Morgan fingerprint density at radius 3 is 3.16 bits per heavy atom. The predicted molar refractivity (Wildman–Crippen MR) is 71.0 cm³/mol. The third kappa shape index (κ3) is 2.93. The number of nitrogens with zero attached hydrogens (tertiary/aromatic N) is 4. The van der Waals surface area contributed by atoms with Crippen LogP contribution < -0.4 is 5.73 Å². The third-order valence-corrected chi connectivity index (χ3v) is 3.50. The first-order valence-electron chi connectivity index (χ1n) is 6.45. The van der Waals surface area contributed by atoms with E-state index in [-0.39, 0.29) is 18.2 Å². The van der Waals surface area contributed by atoms with Gasteiger partial charge in [0, 0.05) is 32.5 Å². The average molecular weight is 261 g/mol. The highest BCUT2D eigenvalue weighted by atomic mass is 16.2. The van der Waals surface area contributed by atoms with Crippen molar-refractivity contribution in [2.75, 3.05) is 13.1 Å². The van der Waals surface area contributed by atoms with Crippen LogP contribution in [0.15, 0.2) is 6.33 Å². The van der Waals surface area contributed by atoms with Crippen molar-refractivity contribution in [3.05, 3.63) is 12.2 Å². The quantitative estimate of drug-likeness (QED) is 0.769. The molecule has 2 heterocycles. The molecule has 1 fully saturated rings. The van der Waals surface area contributed by atoms with Crippen LogP contribution in [-0.2, 0) is 11.8 Å². The molecule has 1 aliphatic rings. The molecule has 6 heteroatoms. The third-order valence-electron chi connectivity index (χ3n) is 3.50. The zero-order chi connectivity index (χ0) is 13.8. The second-order valence-electron chi connectivity index (χ2n) is 4.94. The van der Waals surface area contributed by atoms with Crippen LogP contribution in [0.5, 0.6) is 0 Å². The Labute approximate surface area is 113 Å². The summed E-state index contributed by atoms with van der Waals surface area (Å²) in [5.74, 6) is 3.52. The van der Waals surface area contributed by atoms with Crippen LogP contribution in [0.3, 0.4) is 0 Å². The fourth-order valence-corrected chi connectivity index (χ4v) is 2.50. The molecule has 1 aromatic rings. The molecule has 6 nitrogen and oxygen atoms in total. The van der Waals surface area contributed by atoms with Crippen molar-refractivity contribution in [3.8, 4) is 12.3 Å². The van der Waals surface area contributed by atoms with E-state index in [1.807, 2.05) is 11.6 Å². The van der Waals surface area contributed by atoms with E-state index >= 15 is 0 Å². The van der Waals surface area contributed by atoms with Gasteiger partial charge in [-0.05, 0) is 12.8 Å². The molecule has 0 bridgehead atoms. The summed E-state index contributed by atoms with van der Waals surface area (Å²) in [6.45, 7) is 1.38. The molecule has 0 aromatic carbocycles. The van der Waals surface area contributed by atoms with Gasteiger partial charge in [0.15, 0.2) is 0 Å². The first kappa shape index (κ1) is 13.6. The van der Waals surface area contributed by atoms with Crippen LogP contribution in [0.25, 0.3) is 0 Å². The average Bonchev–Trinajstić information content (AvgIpc) is 2.84. The number of amides is 1. The maximum absolute atomic E-state index is 12.2. The Morgan fingerprint density at radius 2 is 2.53 bits per heavy atom. The Bertz CT molecular complexity index is 489. The van der Waals surface area contributed by atoms with E-state index in [0.717, 1.165) is 25.2 Å². The smallest absolute Gasteiger partial charge is 0.240 e. The second kappa shape index (κ2) is 5.85. The maximum atomic E-state index is 12.2. The maximum Gasteiger partial charge on any atom is 0.240 e. The van der Waals surface area contributed by atoms with Crippen LogP contribution in [0, 0.1) is 12.3 Å². The number of aromatic nitrogens is 3. The summed E-state index contributed by atoms with van der Waals surface area (Å²) in [7, 11) is 1.92. The van der Waals surface area contributed by atoms with Crippen molar-refractivity contribution >= 4 is 5.91 Å². The summed E-state index contributed by atoms with van der Waals surface area (Å²) in [4.78, 5) is 13.9. The van der Waals surface area contributed by atoms with Crippen LogP contribution in [0.2, 0.25) is 0 Å². The SMILES string of the molecule is C#CCC(N)C(=O)N1CCCC(c2nncn2C)C1. The molecule has 2 rings (SSSR count). The Hall–Kier alpha value is -1.87. The summed E-state index contributed by atoms with van der Waals surface area (Å²) in [5.41, 5.74) is 5.79. The molecule has 0 radical (unpaired) electrons. The van der Waals surface area contributed by atoms with E-state index in [0.29, 0.717) is 6.54 Å². The van der Waals surface area contributed by atoms with Gasteiger partial charge >= 0.3 is 0 Å². The summed E-state index contributed by atoms with van der Waals surface area (Å²) in [6.07, 6.45) is 9.13. The number of hydrogen-bond acceptors (Lipinski definition) is 4. The van der Waals surface area contributed by atoms with E-state index in [1.165, 1.54) is 0 Å². The lowest BCUT2D eigenvalue weighted by molar-refractivity contribution is -0.133. The number of aryl methyl sites for hydroxylation is 1. The highest BCUT2D eigenvalue weighted by molar-refractivity contribution is 5.82. The second-order valence-corrected chi connectivity index (χ2v) is 4.94. The van der Waals surface area contributed by atoms with Crippen molar-refractivity contribution < 1.29 is 4.79 Å². The largest absolute Gasteiger partial charge is 0.341 e.